The molecule has 0 spiro atoms. The molecule has 2 heterocycles. The summed E-state index contributed by atoms with van der Waals surface area (Å²) in [6.07, 6.45) is 0. The first-order chi connectivity index (χ1) is 21.4. The molecule has 232 valence electrons. The number of hydrogen-bond acceptors (Lipinski definition) is 7. The van der Waals surface area contributed by atoms with E-state index < -0.39 is 10.0 Å². The highest BCUT2D eigenvalue weighted by Gasteiger charge is 2.24. The summed E-state index contributed by atoms with van der Waals surface area (Å²) in [6, 6.07) is 39.5. The van der Waals surface area contributed by atoms with Crippen LogP contribution in [0.15, 0.2) is 146 Å². The van der Waals surface area contributed by atoms with Crippen LogP contribution >= 0.6 is 47.5 Å². The third-order valence-electron chi connectivity index (χ3n) is 7.17. The summed E-state index contributed by atoms with van der Waals surface area (Å²) < 4.78 is 27.7. The second-order valence-electron chi connectivity index (χ2n) is 10.0. The van der Waals surface area contributed by atoms with E-state index in [1.165, 1.54) is 33.3 Å². The number of halogens is 2. The van der Waals surface area contributed by atoms with Gasteiger partial charge in [0.2, 0.25) is 10.0 Å². The van der Waals surface area contributed by atoms with Crippen molar-refractivity contribution in [3.05, 3.63) is 126 Å². The van der Waals surface area contributed by atoms with Gasteiger partial charge in [-0.1, -0.05) is 83.7 Å². The Morgan fingerprint density at radius 3 is 1.38 bits per heavy atom. The molecule has 11 heteroatoms. The molecule has 45 heavy (non-hydrogen) atoms. The largest absolute Gasteiger partial charge is 0.338 e. The summed E-state index contributed by atoms with van der Waals surface area (Å²) in [7, 11) is -3.57. The van der Waals surface area contributed by atoms with Crippen molar-refractivity contribution < 1.29 is 8.42 Å². The van der Waals surface area contributed by atoms with E-state index in [0.29, 0.717) is 18.1 Å². The molecule has 2 aliphatic rings. The van der Waals surface area contributed by atoms with E-state index in [-0.39, 0.29) is 23.8 Å². The van der Waals surface area contributed by atoms with Crippen LogP contribution in [0, 0.1) is 0 Å². The minimum absolute atomic E-state index is 0. The molecular formula is C34H32Cl2N4O2S3. The lowest BCUT2D eigenvalue weighted by molar-refractivity contribution is 0.582. The van der Waals surface area contributed by atoms with Gasteiger partial charge in [0, 0.05) is 50.8 Å². The smallest absolute Gasteiger partial charge is 0.240 e. The number of hydrogen-bond donors (Lipinski definition) is 2. The Morgan fingerprint density at radius 2 is 0.978 bits per heavy atom. The van der Waals surface area contributed by atoms with Gasteiger partial charge in [-0.05, 0) is 72.8 Å². The van der Waals surface area contributed by atoms with Crippen LogP contribution in [0.2, 0.25) is 5.02 Å². The normalized spacial score (nSPS) is 12.8. The van der Waals surface area contributed by atoms with Crippen LogP contribution in [0.3, 0.4) is 0 Å². The molecule has 0 saturated heterocycles. The van der Waals surface area contributed by atoms with Crippen LogP contribution in [-0.4, -0.2) is 34.6 Å². The van der Waals surface area contributed by atoms with Crippen LogP contribution in [0.1, 0.15) is 0 Å². The Labute approximate surface area is 284 Å². The van der Waals surface area contributed by atoms with Crippen molar-refractivity contribution in [3.63, 3.8) is 0 Å². The quantitative estimate of drug-likeness (QED) is 0.177. The lowest BCUT2D eigenvalue weighted by Crippen LogP contribution is -2.33. The summed E-state index contributed by atoms with van der Waals surface area (Å²) in [4.78, 5) is 9.61. The van der Waals surface area contributed by atoms with Crippen molar-refractivity contribution in [2.24, 2.45) is 5.73 Å². The monoisotopic (exact) mass is 694 g/mol. The molecule has 2 aliphatic heterocycles. The van der Waals surface area contributed by atoms with Gasteiger partial charge < -0.3 is 15.5 Å². The second-order valence-corrected chi connectivity index (χ2v) is 14.4. The average molecular weight is 696 g/mol. The van der Waals surface area contributed by atoms with Gasteiger partial charge in [-0.15, -0.1) is 12.4 Å². The molecule has 0 unspecified atom stereocenters. The lowest BCUT2D eigenvalue weighted by atomic mass is 10.2. The molecule has 5 aromatic carbocycles. The number of nitrogens with one attached hydrogen (secondary N) is 1. The lowest BCUT2D eigenvalue weighted by Gasteiger charge is -2.32. The molecular weight excluding hydrogens is 664 g/mol. The topological polar surface area (TPSA) is 78.7 Å². The first-order valence-electron chi connectivity index (χ1n) is 14.2. The molecule has 6 nitrogen and oxygen atoms in total. The maximum absolute atomic E-state index is 12.5. The SMILES string of the molecule is Cl.NCCN1c2ccccc2Sc2ccccc21.O=S(=O)(NCCN1c2ccccc2Sc2ccccc21)c1ccc(Cl)cc1. The highest BCUT2D eigenvalue weighted by molar-refractivity contribution is 8.00. The summed E-state index contributed by atoms with van der Waals surface area (Å²) in [5.41, 5.74) is 10.4. The maximum atomic E-state index is 12.5. The summed E-state index contributed by atoms with van der Waals surface area (Å²) in [5, 5.41) is 0.507. The van der Waals surface area contributed by atoms with Gasteiger partial charge in [-0.2, -0.15) is 0 Å². The van der Waals surface area contributed by atoms with Crippen molar-refractivity contribution in [1.82, 2.24) is 4.72 Å². The third-order valence-corrected chi connectivity index (χ3v) is 11.2. The molecule has 7 rings (SSSR count). The molecule has 0 saturated carbocycles. The number of benzene rings is 5. The van der Waals surface area contributed by atoms with Crippen molar-refractivity contribution >= 4 is 80.3 Å². The summed E-state index contributed by atoms with van der Waals surface area (Å²) in [5.74, 6) is 0. The van der Waals surface area contributed by atoms with Crippen molar-refractivity contribution in [3.8, 4) is 0 Å². The van der Waals surface area contributed by atoms with E-state index >= 15 is 0 Å². The van der Waals surface area contributed by atoms with Crippen LogP contribution in [0.25, 0.3) is 0 Å². The molecule has 0 bridgehead atoms. The number of nitrogens with zero attached hydrogens (tertiary/aromatic N) is 2. The predicted octanol–water partition coefficient (Wildman–Crippen LogP) is 8.59. The summed E-state index contributed by atoms with van der Waals surface area (Å²) in [6.45, 7) is 2.33. The van der Waals surface area contributed by atoms with Crippen molar-refractivity contribution in [2.75, 3.05) is 36.0 Å². The number of rotatable bonds is 7. The number of para-hydroxylation sites is 4. The van der Waals surface area contributed by atoms with Gasteiger partial charge in [0.15, 0.2) is 0 Å². The van der Waals surface area contributed by atoms with E-state index in [2.05, 4.69) is 87.3 Å². The van der Waals surface area contributed by atoms with Crippen molar-refractivity contribution in [2.45, 2.75) is 24.5 Å². The zero-order valence-electron chi connectivity index (χ0n) is 24.2. The van der Waals surface area contributed by atoms with E-state index in [1.54, 1.807) is 23.9 Å². The molecule has 0 atom stereocenters. The molecule has 0 aliphatic carbocycles. The summed E-state index contributed by atoms with van der Waals surface area (Å²) >= 11 is 9.40. The fourth-order valence-electron chi connectivity index (χ4n) is 5.16. The predicted molar refractivity (Wildman–Crippen MR) is 191 cm³/mol. The van der Waals surface area contributed by atoms with Crippen LogP contribution in [0.5, 0.6) is 0 Å². The van der Waals surface area contributed by atoms with Gasteiger partial charge in [0.05, 0.1) is 27.6 Å². The Balaban J connectivity index is 0.000000192. The van der Waals surface area contributed by atoms with Crippen LogP contribution in [-0.2, 0) is 10.0 Å². The molecule has 0 radical (unpaired) electrons. The van der Waals surface area contributed by atoms with E-state index in [9.17, 15) is 8.42 Å². The minimum Gasteiger partial charge on any atom is -0.338 e. The second kappa shape index (κ2) is 15.0. The third kappa shape index (κ3) is 7.47. The molecule has 0 fully saturated rings. The van der Waals surface area contributed by atoms with Crippen LogP contribution in [0.4, 0.5) is 22.7 Å². The number of anilines is 4. The van der Waals surface area contributed by atoms with Crippen LogP contribution < -0.4 is 20.3 Å². The Bertz CT molecular complexity index is 1780. The fourth-order valence-corrected chi connectivity index (χ4v) is 8.50. The van der Waals surface area contributed by atoms with Gasteiger partial charge in [-0.3, -0.25) is 0 Å². The van der Waals surface area contributed by atoms with E-state index in [1.807, 2.05) is 36.0 Å². The first kappa shape index (κ1) is 33.2. The minimum atomic E-state index is -3.57. The highest BCUT2D eigenvalue weighted by atomic mass is 35.5. The van der Waals surface area contributed by atoms with Gasteiger partial charge in [0.1, 0.15) is 0 Å². The molecule has 0 amide bonds. The van der Waals surface area contributed by atoms with Gasteiger partial charge >= 0.3 is 0 Å². The Morgan fingerprint density at radius 1 is 0.600 bits per heavy atom. The Kier molecular flexibility index (Phi) is 11.0. The van der Waals surface area contributed by atoms with E-state index in [4.69, 9.17) is 17.3 Å². The highest BCUT2D eigenvalue weighted by Crippen LogP contribution is 2.48. The molecule has 0 aromatic heterocycles. The molecule has 5 aromatic rings. The van der Waals surface area contributed by atoms with Crippen molar-refractivity contribution in [1.29, 1.82) is 0 Å². The maximum Gasteiger partial charge on any atom is 0.240 e. The first-order valence-corrected chi connectivity index (χ1v) is 17.7. The average Bonchev–Trinajstić information content (AvgIpc) is 3.05. The number of sulfonamides is 1. The zero-order valence-corrected chi connectivity index (χ0v) is 28.2. The van der Waals surface area contributed by atoms with Gasteiger partial charge in [0.25, 0.3) is 0 Å². The fraction of sp³-hybridized carbons (Fsp3) is 0.118. The number of fused-ring (bicyclic) bond motifs is 4. The number of nitrogens with two attached hydrogens (primary N) is 1. The zero-order chi connectivity index (χ0) is 30.5. The Hall–Kier alpha value is -3.15. The molecule has 3 N–H and O–H groups in total. The van der Waals surface area contributed by atoms with Gasteiger partial charge in [-0.25, -0.2) is 13.1 Å². The standard InChI is InChI=1S/C20H17ClN2O2S2.C14H14N2S.ClH/c21-15-9-11-16(12-10-15)27(24,25)22-13-14-23-17-5-1-3-7-19(17)26-20-8-4-2-6-18(20)23;15-9-10-16-11-5-1-3-7-13(11)17-14-8-4-2-6-12(14)16;/h1-12,22H,13-14H2;1-8H,9-10,15H2;1H. The van der Waals surface area contributed by atoms with E-state index in [0.717, 1.165) is 27.7 Å².